The van der Waals surface area contributed by atoms with Crippen molar-refractivity contribution >= 4 is 11.9 Å². The summed E-state index contributed by atoms with van der Waals surface area (Å²) in [6, 6.07) is 0. The lowest BCUT2D eigenvalue weighted by Crippen LogP contribution is -2.59. The van der Waals surface area contributed by atoms with Crippen LogP contribution in [0.25, 0.3) is 0 Å². The first-order chi connectivity index (χ1) is 29.8. The summed E-state index contributed by atoms with van der Waals surface area (Å²) >= 11 is 0. The lowest BCUT2D eigenvalue weighted by molar-refractivity contribution is -0.305. The van der Waals surface area contributed by atoms with Crippen molar-refractivity contribution < 1.29 is 49.0 Å². The summed E-state index contributed by atoms with van der Waals surface area (Å²) < 4.78 is 22.1. The van der Waals surface area contributed by atoms with Gasteiger partial charge in [0.25, 0.3) is 0 Å². The first-order valence-corrected chi connectivity index (χ1v) is 23.0. The van der Waals surface area contributed by atoms with Gasteiger partial charge in [0.1, 0.15) is 31.0 Å². The van der Waals surface area contributed by atoms with Gasteiger partial charge in [-0.15, -0.1) is 0 Å². The molecule has 1 rings (SSSR count). The minimum atomic E-state index is -1.61. The topological polar surface area (TPSA) is 152 Å². The van der Waals surface area contributed by atoms with Gasteiger partial charge in [-0.25, -0.2) is 0 Å². The molecule has 344 valence electrons. The van der Waals surface area contributed by atoms with E-state index in [9.17, 15) is 30.0 Å². The number of ether oxygens (including phenoxy) is 4. The maximum Gasteiger partial charge on any atom is 0.306 e. The van der Waals surface area contributed by atoms with E-state index in [-0.39, 0.29) is 26.1 Å². The maximum absolute atomic E-state index is 12.7. The van der Waals surface area contributed by atoms with Gasteiger partial charge in [0.05, 0.1) is 13.2 Å². The molecule has 1 aliphatic rings. The number of esters is 2. The van der Waals surface area contributed by atoms with Crippen LogP contribution >= 0.6 is 0 Å². The second-order valence-electron chi connectivity index (χ2n) is 15.2. The van der Waals surface area contributed by atoms with Crippen LogP contribution in [0.4, 0.5) is 0 Å². The highest BCUT2D eigenvalue weighted by Gasteiger charge is 2.44. The van der Waals surface area contributed by atoms with Crippen LogP contribution in [-0.2, 0) is 28.5 Å². The van der Waals surface area contributed by atoms with Crippen LogP contribution in [0.5, 0.6) is 0 Å². The van der Waals surface area contributed by atoms with Crippen molar-refractivity contribution in [2.24, 2.45) is 0 Å². The molecule has 0 radical (unpaired) electrons. The molecule has 1 saturated heterocycles. The van der Waals surface area contributed by atoms with Crippen LogP contribution in [0.1, 0.15) is 142 Å². The summed E-state index contributed by atoms with van der Waals surface area (Å²) in [4.78, 5) is 25.3. The van der Waals surface area contributed by atoms with Crippen LogP contribution in [0.2, 0.25) is 0 Å². The van der Waals surface area contributed by atoms with Crippen molar-refractivity contribution in [1.82, 2.24) is 0 Å². The number of rotatable bonds is 36. The van der Waals surface area contributed by atoms with E-state index in [2.05, 4.69) is 68.5 Å². The van der Waals surface area contributed by atoms with Crippen LogP contribution in [0.3, 0.4) is 0 Å². The number of carbonyl (C=O) groups excluding carboxylic acids is 2. The highest BCUT2D eigenvalue weighted by atomic mass is 16.7. The molecular weight excluding hydrogens is 773 g/mol. The van der Waals surface area contributed by atoms with Gasteiger partial charge >= 0.3 is 11.9 Å². The summed E-state index contributed by atoms with van der Waals surface area (Å²) in [6.45, 7) is 3.06. The molecule has 0 aromatic carbocycles. The standard InChI is InChI=1S/C51H80O10/c1-3-5-7-9-11-13-15-17-18-19-20-21-22-23-24-25-26-28-29-31-33-35-37-39-46(53)58-42-44(43-59-51-50(57)49(56)48(55)45(41-52)61-51)60-47(54)40-38-36-34-32-30-27-16-14-12-10-8-6-4-2/h5-8,10-14,16-18,20-21,27,30,32,34,44-45,48-52,55-57H,3-4,9,15,19,22-26,28-29,31,33,35-43H2,1-2H3/b7-5+,8-6+,12-10+,13-11+,16-14+,18-17+,21-20+,30-27+,34-32+/t44?,45-,48+,49?,50?,51-/m0/s1. The molecule has 4 N–H and O–H groups in total. The van der Waals surface area contributed by atoms with Gasteiger partial charge < -0.3 is 39.4 Å². The molecule has 61 heavy (non-hydrogen) atoms. The Morgan fingerprint density at radius 3 is 1.61 bits per heavy atom. The molecule has 0 spiro atoms. The predicted molar refractivity (Wildman–Crippen MR) is 247 cm³/mol. The fourth-order valence-electron chi connectivity index (χ4n) is 6.21. The molecular formula is C51H80O10. The van der Waals surface area contributed by atoms with Gasteiger partial charge in [0.15, 0.2) is 12.4 Å². The third kappa shape index (κ3) is 31.8. The average molecular weight is 853 g/mol. The normalized spacial score (nSPS) is 20.8. The third-order valence-corrected chi connectivity index (χ3v) is 9.78. The van der Waals surface area contributed by atoms with Crippen molar-refractivity contribution in [1.29, 1.82) is 0 Å². The fraction of sp³-hybridized carbons (Fsp3) is 0.608. The number of carbonyl (C=O) groups is 2. The summed E-state index contributed by atoms with van der Waals surface area (Å²) in [5, 5.41) is 40.1. The molecule has 3 unspecified atom stereocenters. The number of hydrogen-bond acceptors (Lipinski definition) is 10. The molecule has 10 nitrogen and oxygen atoms in total. The highest BCUT2D eigenvalue weighted by Crippen LogP contribution is 2.22. The number of hydrogen-bond donors (Lipinski definition) is 4. The highest BCUT2D eigenvalue weighted by molar-refractivity contribution is 5.70. The minimum absolute atomic E-state index is 0.126. The van der Waals surface area contributed by atoms with Crippen LogP contribution in [0.15, 0.2) is 109 Å². The van der Waals surface area contributed by atoms with E-state index in [4.69, 9.17) is 18.9 Å². The van der Waals surface area contributed by atoms with Gasteiger partial charge in [-0.3, -0.25) is 9.59 Å². The smallest absolute Gasteiger partial charge is 0.306 e. The van der Waals surface area contributed by atoms with Gasteiger partial charge in [-0.2, -0.15) is 0 Å². The average Bonchev–Trinajstić information content (AvgIpc) is 3.26. The molecule has 0 aliphatic carbocycles. The number of aliphatic hydroxyl groups is 4. The van der Waals surface area contributed by atoms with Crippen LogP contribution < -0.4 is 0 Å². The van der Waals surface area contributed by atoms with E-state index < -0.39 is 55.4 Å². The molecule has 1 fully saturated rings. The first kappa shape index (κ1) is 55.4. The van der Waals surface area contributed by atoms with E-state index in [1.165, 1.54) is 38.5 Å². The molecule has 6 atom stereocenters. The first-order valence-electron chi connectivity index (χ1n) is 23.0. The molecule has 0 aromatic rings. The lowest BCUT2D eigenvalue weighted by atomic mass is 9.99. The fourth-order valence-corrected chi connectivity index (χ4v) is 6.21. The SMILES string of the molecule is CC/C=C/C=C/C=C/C=C/C=C/CCCC(=O)OC(COC(=O)CCCCCCCCCCCC/C=C/C/C=C/C/C=C/C/C=C/CC)CO[C@H]1O[C@@H](CO)[C@@H](O)C(O)C1O. The number of aliphatic hydroxyl groups excluding tert-OH is 4. The van der Waals surface area contributed by atoms with E-state index >= 15 is 0 Å². The monoisotopic (exact) mass is 853 g/mol. The maximum atomic E-state index is 12.7. The molecule has 0 saturated carbocycles. The number of allylic oxidation sites excluding steroid dienone is 18. The Kier molecular flexibility index (Phi) is 36.7. The van der Waals surface area contributed by atoms with Gasteiger partial charge in [0.2, 0.25) is 0 Å². The molecule has 1 aliphatic heterocycles. The van der Waals surface area contributed by atoms with E-state index in [0.717, 1.165) is 57.8 Å². The molecule has 0 bridgehead atoms. The second kappa shape index (κ2) is 40.4. The van der Waals surface area contributed by atoms with Crippen molar-refractivity contribution in [3.05, 3.63) is 109 Å². The Bertz CT molecular complexity index is 1350. The minimum Gasteiger partial charge on any atom is -0.462 e. The van der Waals surface area contributed by atoms with Crippen molar-refractivity contribution in [2.45, 2.75) is 179 Å². The molecule has 10 heteroatoms. The number of unbranched alkanes of at least 4 members (excludes halogenated alkanes) is 11. The summed E-state index contributed by atoms with van der Waals surface area (Å²) in [5.41, 5.74) is 0. The van der Waals surface area contributed by atoms with E-state index in [1.807, 2.05) is 54.7 Å². The Morgan fingerprint density at radius 2 is 1.02 bits per heavy atom. The summed E-state index contributed by atoms with van der Waals surface area (Å²) in [7, 11) is 0. The Hall–Kier alpha value is -3.64. The summed E-state index contributed by atoms with van der Waals surface area (Å²) in [6.07, 6.45) is 48.2. The second-order valence-corrected chi connectivity index (χ2v) is 15.2. The quantitative estimate of drug-likeness (QED) is 0.0207. The van der Waals surface area contributed by atoms with E-state index in [1.54, 1.807) is 0 Å². The van der Waals surface area contributed by atoms with E-state index in [0.29, 0.717) is 19.3 Å². The van der Waals surface area contributed by atoms with Crippen LogP contribution in [0, 0.1) is 0 Å². The lowest BCUT2D eigenvalue weighted by Gasteiger charge is -2.39. The molecule has 0 aromatic heterocycles. The van der Waals surface area contributed by atoms with Gasteiger partial charge in [-0.05, 0) is 64.2 Å². The predicted octanol–water partition coefficient (Wildman–Crippen LogP) is 10.1. The van der Waals surface area contributed by atoms with Crippen molar-refractivity contribution in [3.63, 3.8) is 0 Å². The Balaban J connectivity index is 2.31. The zero-order chi connectivity index (χ0) is 44.4. The zero-order valence-corrected chi connectivity index (χ0v) is 37.4. The van der Waals surface area contributed by atoms with Crippen LogP contribution in [-0.4, -0.2) is 89.0 Å². The van der Waals surface area contributed by atoms with Crippen molar-refractivity contribution in [2.75, 3.05) is 19.8 Å². The zero-order valence-electron chi connectivity index (χ0n) is 37.4. The Morgan fingerprint density at radius 1 is 0.525 bits per heavy atom. The molecule has 0 amide bonds. The largest absolute Gasteiger partial charge is 0.462 e. The molecule has 1 heterocycles. The van der Waals surface area contributed by atoms with Gasteiger partial charge in [-0.1, -0.05) is 175 Å². The van der Waals surface area contributed by atoms with Gasteiger partial charge in [0, 0.05) is 12.8 Å². The summed E-state index contributed by atoms with van der Waals surface area (Å²) in [5.74, 6) is -0.910. The third-order valence-electron chi connectivity index (χ3n) is 9.78. The van der Waals surface area contributed by atoms with Crippen molar-refractivity contribution in [3.8, 4) is 0 Å². The Labute approximate surface area is 368 Å².